The third-order valence-electron chi connectivity index (χ3n) is 3.69. The van der Waals surface area contributed by atoms with Crippen LogP contribution in [0, 0.1) is 0 Å². The van der Waals surface area contributed by atoms with Crippen molar-refractivity contribution in [2.45, 2.75) is 13.0 Å². The quantitative estimate of drug-likeness (QED) is 0.679. The van der Waals surface area contributed by atoms with Crippen LogP contribution in [0.2, 0.25) is 5.02 Å². The van der Waals surface area contributed by atoms with Gasteiger partial charge in [0, 0.05) is 11.6 Å². The summed E-state index contributed by atoms with van der Waals surface area (Å²) in [6.07, 6.45) is 2.94. The summed E-state index contributed by atoms with van der Waals surface area (Å²) < 4.78 is 1.76. The van der Waals surface area contributed by atoms with Gasteiger partial charge in [0.05, 0.1) is 10.9 Å². The molecule has 1 aromatic carbocycles. The third kappa shape index (κ3) is 2.11. The Labute approximate surface area is 130 Å². The molecule has 0 radical (unpaired) electrons. The number of fused-ring (bicyclic) bond motifs is 2. The van der Waals surface area contributed by atoms with Crippen LogP contribution in [0.1, 0.15) is 17.8 Å². The Balaban J connectivity index is 1.96. The molecular weight excluding hydrogens is 304 g/mol. The molecule has 0 unspecified atom stereocenters. The van der Waals surface area contributed by atoms with Crippen molar-refractivity contribution in [3.05, 3.63) is 61.8 Å². The van der Waals surface area contributed by atoms with E-state index in [1.54, 1.807) is 34.1 Å². The summed E-state index contributed by atoms with van der Waals surface area (Å²) >= 11 is 7.67. The first-order valence-electron chi connectivity index (χ1n) is 6.65. The largest absolute Gasteiger partial charge is 0.292 e. The smallest absolute Gasteiger partial charge is 0.261 e. The van der Waals surface area contributed by atoms with Crippen LogP contribution in [0.15, 0.2) is 39.8 Å². The summed E-state index contributed by atoms with van der Waals surface area (Å²) in [5, 5.41) is 5.36. The fourth-order valence-electron chi connectivity index (χ4n) is 2.69. The van der Waals surface area contributed by atoms with Crippen molar-refractivity contribution < 1.29 is 0 Å². The van der Waals surface area contributed by atoms with E-state index in [1.807, 2.05) is 5.38 Å². The van der Waals surface area contributed by atoms with Crippen LogP contribution in [0.5, 0.6) is 0 Å². The van der Waals surface area contributed by atoms with Crippen LogP contribution in [-0.2, 0) is 6.54 Å². The standard InChI is InChI=1S/C16H11ClN2OS/c17-12-1-2-13-14(8-12)18-15-11(3-5-19(15)16(13)20)7-10-4-6-21-9-10/h1-2,4,6-9H,3,5H2. The lowest BCUT2D eigenvalue weighted by Crippen LogP contribution is -2.20. The number of benzene rings is 1. The van der Waals surface area contributed by atoms with Gasteiger partial charge in [0.25, 0.3) is 5.56 Å². The Kier molecular flexibility index (Phi) is 2.94. The van der Waals surface area contributed by atoms with Crippen molar-refractivity contribution in [3.63, 3.8) is 0 Å². The van der Waals surface area contributed by atoms with Crippen LogP contribution in [0.3, 0.4) is 0 Å². The number of nitrogens with zero attached hydrogens (tertiary/aromatic N) is 2. The van der Waals surface area contributed by atoms with Gasteiger partial charge in [-0.15, -0.1) is 0 Å². The number of allylic oxidation sites excluding steroid dienone is 1. The molecule has 104 valence electrons. The third-order valence-corrected chi connectivity index (χ3v) is 4.63. The molecule has 1 aliphatic rings. The zero-order valence-electron chi connectivity index (χ0n) is 11.0. The van der Waals surface area contributed by atoms with Gasteiger partial charge >= 0.3 is 0 Å². The van der Waals surface area contributed by atoms with E-state index in [0.717, 1.165) is 23.4 Å². The van der Waals surface area contributed by atoms with Crippen LogP contribution in [0.25, 0.3) is 22.6 Å². The van der Waals surface area contributed by atoms with Crippen molar-refractivity contribution in [1.29, 1.82) is 0 Å². The second-order valence-electron chi connectivity index (χ2n) is 5.03. The van der Waals surface area contributed by atoms with Crippen molar-refractivity contribution in [1.82, 2.24) is 9.55 Å². The highest BCUT2D eigenvalue weighted by Gasteiger charge is 2.20. The molecule has 1 aliphatic heterocycles. The molecule has 2 aromatic heterocycles. The second-order valence-corrected chi connectivity index (χ2v) is 6.25. The summed E-state index contributed by atoms with van der Waals surface area (Å²) in [6, 6.07) is 7.30. The molecule has 4 rings (SSSR count). The molecule has 3 aromatic rings. The fourth-order valence-corrected chi connectivity index (χ4v) is 3.47. The van der Waals surface area contributed by atoms with Crippen molar-refractivity contribution >= 4 is 45.5 Å². The maximum atomic E-state index is 12.5. The van der Waals surface area contributed by atoms with Gasteiger partial charge in [0.1, 0.15) is 5.82 Å². The van der Waals surface area contributed by atoms with Crippen LogP contribution in [0.4, 0.5) is 0 Å². The Morgan fingerprint density at radius 1 is 1.33 bits per heavy atom. The first-order chi connectivity index (χ1) is 10.2. The van der Waals surface area contributed by atoms with E-state index in [9.17, 15) is 4.79 Å². The lowest BCUT2D eigenvalue weighted by molar-refractivity contribution is 0.725. The average molecular weight is 315 g/mol. The minimum Gasteiger partial charge on any atom is -0.292 e. The topological polar surface area (TPSA) is 34.9 Å². The molecule has 5 heteroatoms. The summed E-state index contributed by atoms with van der Waals surface area (Å²) in [7, 11) is 0. The van der Waals surface area contributed by atoms with Gasteiger partial charge in [-0.25, -0.2) is 4.98 Å². The Morgan fingerprint density at radius 3 is 3.05 bits per heavy atom. The molecule has 0 spiro atoms. The number of hydrogen-bond donors (Lipinski definition) is 0. The van der Waals surface area contributed by atoms with Gasteiger partial charge in [-0.05, 0) is 58.7 Å². The molecule has 3 nitrogen and oxygen atoms in total. The summed E-state index contributed by atoms with van der Waals surface area (Å²) in [5.41, 5.74) is 2.94. The molecule has 3 heterocycles. The molecule has 0 bridgehead atoms. The van der Waals surface area contributed by atoms with Crippen LogP contribution < -0.4 is 5.56 Å². The molecular formula is C16H11ClN2OS. The van der Waals surface area contributed by atoms with Crippen molar-refractivity contribution in [3.8, 4) is 0 Å². The first kappa shape index (κ1) is 12.8. The highest BCUT2D eigenvalue weighted by molar-refractivity contribution is 7.08. The van der Waals surface area contributed by atoms with Crippen LogP contribution in [-0.4, -0.2) is 9.55 Å². The summed E-state index contributed by atoms with van der Waals surface area (Å²) in [5.74, 6) is 0.765. The number of thiophene rings is 1. The Hall–Kier alpha value is -1.91. The van der Waals surface area contributed by atoms with Crippen molar-refractivity contribution in [2.75, 3.05) is 0 Å². The highest BCUT2D eigenvalue weighted by atomic mass is 35.5. The number of hydrogen-bond acceptors (Lipinski definition) is 3. The molecule has 0 amide bonds. The van der Waals surface area contributed by atoms with E-state index >= 15 is 0 Å². The Bertz CT molecular complexity index is 925. The number of rotatable bonds is 1. The minimum atomic E-state index is 0.0142. The average Bonchev–Trinajstić information content (AvgIpc) is 3.10. The van der Waals surface area contributed by atoms with Crippen molar-refractivity contribution in [2.24, 2.45) is 0 Å². The SMILES string of the molecule is O=c1c2ccc(Cl)cc2nc2n1CCC2=Cc1ccsc1. The molecule has 0 aliphatic carbocycles. The first-order valence-corrected chi connectivity index (χ1v) is 7.98. The minimum absolute atomic E-state index is 0.0142. The fraction of sp³-hybridized carbons (Fsp3) is 0.125. The van der Waals surface area contributed by atoms with Gasteiger partial charge < -0.3 is 0 Å². The predicted molar refractivity (Wildman–Crippen MR) is 87.8 cm³/mol. The monoisotopic (exact) mass is 314 g/mol. The van der Waals surface area contributed by atoms with Gasteiger partial charge in [0.15, 0.2) is 0 Å². The molecule has 0 fully saturated rings. The van der Waals surface area contributed by atoms with E-state index in [4.69, 9.17) is 11.6 Å². The van der Waals surface area contributed by atoms with E-state index in [0.29, 0.717) is 22.5 Å². The van der Waals surface area contributed by atoms with Crippen LogP contribution >= 0.6 is 22.9 Å². The normalized spacial score (nSPS) is 15.8. The Morgan fingerprint density at radius 2 is 2.24 bits per heavy atom. The van der Waals surface area contributed by atoms with Gasteiger partial charge in [-0.2, -0.15) is 11.3 Å². The number of halogens is 1. The summed E-state index contributed by atoms with van der Waals surface area (Å²) in [4.78, 5) is 17.2. The van der Waals surface area contributed by atoms with E-state index in [1.165, 1.54) is 0 Å². The zero-order chi connectivity index (χ0) is 14.4. The predicted octanol–water partition coefficient (Wildman–Crippen LogP) is 4.06. The zero-order valence-corrected chi connectivity index (χ0v) is 12.6. The van der Waals surface area contributed by atoms with E-state index in [-0.39, 0.29) is 5.56 Å². The molecule has 21 heavy (non-hydrogen) atoms. The van der Waals surface area contributed by atoms with Gasteiger partial charge in [-0.1, -0.05) is 11.6 Å². The molecule has 0 N–H and O–H groups in total. The maximum absolute atomic E-state index is 12.5. The summed E-state index contributed by atoms with van der Waals surface area (Å²) in [6.45, 7) is 0.690. The second kappa shape index (κ2) is 4.83. The highest BCUT2D eigenvalue weighted by Crippen LogP contribution is 2.28. The maximum Gasteiger partial charge on any atom is 0.261 e. The molecule has 0 atom stereocenters. The number of aromatic nitrogens is 2. The van der Waals surface area contributed by atoms with E-state index < -0.39 is 0 Å². The lowest BCUT2D eigenvalue weighted by Gasteiger charge is -2.05. The lowest BCUT2D eigenvalue weighted by atomic mass is 10.1. The van der Waals surface area contributed by atoms with Gasteiger partial charge in [-0.3, -0.25) is 9.36 Å². The molecule has 0 saturated carbocycles. The molecule has 0 saturated heterocycles. The van der Waals surface area contributed by atoms with E-state index in [2.05, 4.69) is 22.5 Å². The van der Waals surface area contributed by atoms with Gasteiger partial charge in [0.2, 0.25) is 0 Å².